The molecule has 1 aliphatic heterocycles. The van der Waals surface area contributed by atoms with Gasteiger partial charge in [-0.1, -0.05) is 13.8 Å². The number of hydrogen-bond acceptors (Lipinski definition) is 3. The molecule has 1 heterocycles. The molecule has 5 nitrogen and oxygen atoms in total. The van der Waals surface area contributed by atoms with Gasteiger partial charge in [0.25, 0.3) is 0 Å². The Balaban J connectivity index is 1.88. The number of piperidine rings is 1. The van der Waals surface area contributed by atoms with Gasteiger partial charge in [-0.05, 0) is 19.3 Å². The summed E-state index contributed by atoms with van der Waals surface area (Å²) in [5.74, 6) is -0.0426. The van der Waals surface area contributed by atoms with E-state index in [1.807, 2.05) is 13.8 Å². The largest absolute Gasteiger partial charge is 0.392 e. The summed E-state index contributed by atoms with van der Waals surface area (Å²) in [6.07, 6.45) is 2.01. The molecule has 1 saturated carbocycles. The Kier molecular flexibility index (Phi) is 3.85. The first kappa shape index (κ1) is 14.3. The standard InChI is InChI=1S/C14H24N2O3/c1-9(17)16-6-4-5-10(8-16)13(19)15-11-7-12(18)14(11,2)3/h10-12,18H,4-8H2,1-3H3,(H,15,19). The van der Waals surface area contributed by atoms with Crippen LogP contribution >= 0.6 is 0 Å². The molecule has 2 N–H and O–H groups in total. The molecule has 1 aliphatic carbocycles. The summed E-state index contributed by atoms with van der Waals surface area (Å²) < 4.78 is 0. The highest BCUT2D eigenvalue weighted by atomic mass is 16.3. The fourth-order valence-electron chi connectivity index (χ4n) is 2.91. The number of amides is 2. The van der Waals surface area contributed by atoms with E-state index in [1.54, 1.807) is 11.8 Å². The lowest BCUT2D eigenvalue weighted by molar-refractivity contribution is -0.137. The van der Waals surface area contributed by atoms with Crippen molar-refractivity contribution >= 4 is 11.8 Å². The van der Waals surface area contributed by atoms with Gasteiger partial charge < -0.3 is 15.3 Å². The van der Waals surface area contributed by atoms with Crippen LogP contribution in [0.1, 0.15) is 40.0 Å². The van der Waals surface area contributed by atoms with Gasteiger partial charge in [0.1, 0.15) is 0 Å². The zero-order valence-electron chi connectivity index (χ0n) is 12.0. The van der Waals surface area contributed by atoms with E-state index in [9.17, 15) is 14.7 Å². The van der Waals surface area contributed by atoms with E-state index < -0.39 is 0 Å². The Morgan fingerprint density at radius 1 is 1.37 bits per heavy atom. The molecule has 2 fully saturated rings. The molecule has 0 aromatic carbocycles. The minimum Gasteiger partial charge on any atom is -0.392 e. The maximum absolute atomic E-state index is 12.2. The summed E-state index contributed by atoms with van der Waals surface area (Å²) in [5.41, 5.74) is -0.245. The van der Waals surface area contributed by atoms with Crippen molar-refractivity contribution in [1.82, 2.24) is 10.2 Å². The van der Waals surface area contributed by atoms with Crippen LogP contribution in [0.25, 0.3) is 0 Å². The number of nitrogens with zero attached hydrogens (tertiary/aromatic N) is 1. The highest BCUT2D eigenvalue weighted by molar-refractivity contribution is 5.81. The lowest BCUT2D eigenvalue weighted by Gasteiger charge is -2.49. The lowest BCUT2D eigenvalue weighted by Crippen LogP contribution is -2.62. The number of likely N-dealkylation sites (tertiary alicyclic amines) is 1. The van der Waals surface area contributed by atoms with Gasteiger partial charge in [-0.2, -0.15) is 0 Å². The second-order valence-corrected chi connectivity index (χ2v) is 6.44. The molecular formula is C14H24N2O3. The molecule has 0 aromatic heterocycles. The van der Waals surface area contributed by atoms with E-state index in [-0.39, 0.29) is 35.3 Å². The second kappa shape index (κ2) is 5.12. The van der Waals surface area contributed by atoms with Gasteiger partial charge in [0, 0.05) is 31.5 Å². The van der Waals surface area contributed by atoms with Gasteiger partial charge in [0.15, 0.2) is 0 Å². The highest BCUT2D eigenvalue weighted by Gasteiger charge is 2.48. The van der Waals surface area contributed by atoms with Gasteiger partial charge in [0.05, 0.1) is 12.0 Å². The first-order valence-electron chi connectivity index (χ1n) is 7.06. The number of rotatable bonds is 2. The predicted octanol–water partition coefficient (Wildman–Crippen LogP) is 0.520. The lowest BCUT2D eigenvalue weighted by atomic mass is 9.64. The number of hydrogen-bond donors (Lipinski definition) is 2. The Bertz CT molecular complexity index is 381. The minimum atomic E-state index is -0.335. The van der Waals surface area contributed by atoms with E-state index in [1.165, 1.54) is 0 Å². The van der Waals surface area contributed by atoms with Crippen molar-refractivity contribution in [1.29, 1.82) is 0 Å². The molecule has 2 rings (SSSR count). The molecule has 108 valence electrons. The first-order chi connectivity index (χ1) is 8.82. The Morgan fingerprint density at radius 2 is 2.05 bits per heavy atom. The van der Waals surface area contributed by atoms with E-state index >= 15 is 0 Å². The number of carbonyl (C=O) groups is 2. The van der Waals surface area contributed by atoms with Crippen LogP contribution in [-0.4, -0.2) is 47.1 Å². The van der Waals surface area contributed by atoms with Crippen molar-refractivity contribution in [2.24, 2.45) is 11.3 Å². The van der Waals surface area contributed by atoms with Crippen molar-refractivity contribution in [2.75, 3.05) is 13.1 Å². The van der Waals surface area contributed by atoms with Crippen LogP contribution in [0.2, 0.25) is 0 Å². The van der Waals surface area contributed by atoms with Crippen LogP contribution in [-0.2, 0) is 9.59 Å². The highest BCUT2D eigenvalue weighted by Crippen LogP contribution is 2.40. The van der Waals surface area contributed by atoms with Crippen LogP contribution in [0.5, 0.6) is 0 Å². The van der Waals surface area contributed by atoms with Gasteiger partial charge in [-0.15, -0.1) is 0 Å². The van der Waals surface area contributed by atoms with Crippen LogP contribution in [0, 0.1) is 11.3 Å². The molecule has 3 atom stereocenters. The third-order valence-corrected chi connectivity index (χ3v) is 4.77. The molecular weight excluding hydrogens is 244 g/mol. The van der Waals surface area contributed by atoms with Crippen molar-refractivity contribution in [3.63, 3.8) is 0 Å². The average molecular weight is 268 g/mol. The summed E-state index contributed by atoms with van der Waals surface area (Å²) >= 11 is 0. The summed E-state index contributed by atoms with van der Waals surface area (Å²) in [6.45, 7) is 6.76. The summed E-state index contributed by atoms with van der Waals surface area (Å²) in [4.78, 5) is 25.3. The number of nitrogens with one attached hydrogen (secondary N) is 1. The van der Waals surface area contributed by atoms with Crippen molar-refractivity contribution in [3.05, 3.63) is 0 Å². The van der Waals surface area contributed by atoms with Crippen molar-refractivity contribution < 1.29 is 14.7 Å². The average Bonchev–Trinajstić information content (AvgIpc) is 2.38. The Hall–Kier alpha value is -1.10. The monoisotopic (exact) mass is 268 g/mol. The zero-order valence-corrected chi connectivity index (χ0v) is 12.0. The van der Waals surface area contributed by atoms with Gasteiger partial charge in [0.2, 0.25) is 11.8 Å². The first-order valence-corrected chi connectivity index (χ1v) is 7.06. The molecule has 0 spiro atoms. The van der Waals surface area contributed by atoms with Crippen molar-refractivity contribution in [2.45, 2.75) is 52.2 Å². The van der Waals surface area contributed by atoms with Gasteiger partial charge in [-0.3, -0.25) is 9.59 Å². The SMILES string of the molecule is CC(=O)N1CCCC(C(=O)NC2CC(O)C2(C)C)C1. The van der Waals surface area contributed by atoms with Crippen LogP contribution < -0.4 is 5.32 Å². The van der Waals surface area contributed by atoms with Crippen LogP contribution in [0.15, 0.2) is 0 Å². The maximum atomic E-state index is 12.2. The zero-order chi connectivity index (χ0) is 14.2. The Morgan fingerprint density at radius 3 is 2.58 bits per heavy atom. The third kappa shape index (κ3) is 2.76. The third-order valence-electron chi connectivity index (χ3n) is 4.77. The molecule has 0 radical (unpaired) electrons. The molecule has 2 amide bonds. The topological polar surface area (TPSA) is 69.6 Å². The van der Waals surface area contributed by atoms with E-state index in [2.05, 4.69) is 5.32 Å². The number of aliphatic hydroxyl groups excluding tert-OH is 1. The smallest absolute Gasteiger partial charge is 0.225 e. The van der Waals surface area contributed by atoms with E-state index in [4.69, 9.17) is 0 Å². The molecule has 0 bridgehead atoms. The van der Waals surface area contributed by atoms with Crippen LogP contribution in [0.4, 0.5) is 0 Å². The normalized spacial score (nSPS) is 33.5. The molecule has 19 heavy (non-hydrogen) atoms. The molecule has 1 saturated heterocycles. The summed E-state index contributed by atoms with van der Waals surface area (Å²) in [6, 6.07) is 0.0442. The molecule has 0 aromatic rings. The number of aliphatic hydroxyl groups is 1. The maximum Gasteiger partial charge on any atom is 0.225 e. The molecule has 2 aliphatic rings. The van der Waals surface area contributed by atoms with Crippen LogP contribution in [0.3, 0.4) is 0 Å². The van der Waals surface area contributed by atoms with Gasteiger partial charge in [-0.25, -0.2) is 0 Å². The predicted molar refractivity (Wildman–Crippen MR) is 71.3 cm³/mol. The molecule has 5 heteroatoms. The minimum absolute atomic E-state index is 0.0240. The van der Waals surface area contributed by atoms with E-state index in [0.29, 0.717) is 13.0 Å². The fourth-order valence-corrected chi connectivity index (χ4v) is 2.91. The quantitative estimate of drug-likeness (QED) is 0.767. The summed E-state index contributed by atoms with van der Waals surface area (Å²) in [5, 5.41) is 12.7. The second-order valence-electron chi connectivity index (χ2n) is 6.44. The van der Waals surface area contributed by atoms with Gasteiger partial charge >= 0.3 is 0 Å². The number of carbonyl (C=O) groups excluding carboxylic acids is 2. The summed E-state index contributed by atoms with van der Waals surface area (Å²) in [7, 11) is 0. The fraction of sp³-hybridized carbons (Fsp3) is 0.857. The van der Waals surface area contributed by atoms with E-state index in [0.717, 1.165) is 19.4 Å². The Labute approximate surface area is 114 Å². The molecule has 3 unspecified atom stereocenters. The van der Waals surface area contributed by atoms with Crippen molar-refractivity contribution in [3.8, 4) is 0 Å².